The summed E-state index contributed by atoms with van der Waals surface area (Å²) in [5, 5.41) is 0. The molecule has 0 aliphatic carbocycles. The molecule has 0 aliphatic heterocycles. The minimum Gasteiger partial charge on any atom is -0.287 e. The van der Waals surface area contributed by atoms with Crippen LogP contribution in [0.2, 0.25) is 0 Å². The van der Waals surface area contributed by atoms with Crippen molar-refractivity contribution in [2.24, 2.45) is 0 Å². The lowest BCUT2D eigenvalue weighted by Gasteiger charge is -2.20. The van der Waals surface area contributed by atoms with E-state index in [1.807, 2.05) is 0 Å². The van der Waals surface area contributed by atoms with Crippen LogP contribution in [-0.2, 0) is 10.0 Å². The first kappa shape index (κ1) is 19.5. The van der Waals surface area contributed by atoms with Crippen molar-refractivity contribution in [3.8, 4) is 0 Å². The predicted molar refractivity (Wildman–Crippen MR) is 71.9 cm³/mol. The third kappa shape index (κ3) is 3.69. The Morgan fingerprint density at radius 3 is 2.04 bits per heavy atom. The van der Waals surface area contributed by atoms with E-state index in [-0.39, 0.29) is 13.1 Å². The lowest BCUT2D eigenvalue weighted by molar-refractivity contribution is -0.255. The molecule has 0 bridgehead atoms. The van der Waals surface area contributed by atoms with Crippen LogP contribution in [0.15, 0.2) is 29.2 Å². The summed E-state index contributed by atoms with van der Waals surface area (Å²) in [6.45, 7) is 3.23. The Morgan fingerprint density at radius 2 is 1.61 bits per heavy atom. The van der Waals surface area contributed by atoms with E-state index in [1.165, 1.54) is 13.8 Å². The van der Waals surface area contributed by atoms with Crippen molar-refractivity contribution in [3.63, 3.8) is 0 Å². The van der Waals surface area contributed by atoms with Gasteiger partial charge in [0.2, 0.25) is 15.8 Å². The monoisotopic (exact) mass is 359 g/mol. The van der Waals surface area contributed by atoms with Gasteiger partial charge in [-0.25, -0.2) is 8.42 Å². The molecule has 10 heteroatoms. The molecular weight excluding hydrogens is 345 g/mol. The molecule has 0 N–H and O–H groups in total. The molecule has 0 saturated heterocycles. The molecule has 1 rings (SSSR count). The van der Waals surface area contributed by atoms with Crippen LogP contribution >= 0.6 is 0 Å². The SMILES string of the molecule is CCN(CC)S(=O)(=O)c1cccc(C(=O)C(F)(F)C(F)(F)F)c1. The van der Waals surface area contributed by atoms with Gasteiger partial charge in [0, 0.05) is 18.7 Å². The second-order valence-corrected chi connectivity index (χ2v) is 6.46. The van der Waals surface area contributed by atoms with Crippen LogP contribution in [0.1, 0.15) is 24.2 Å². The smallest absolute Gasteiger partial charge is 0.287 e. The number of rotatable bonds is 6. The molecule has 130 valence electrons. The Labute approximate surface area is 129 Å². The van der Waals surface area contributed by atoms with Gasteiger partial charge in [-0.1, -0.05) is 26.0 Å². The molecule has 0 heterocycles. The Bertz CT molecular complexity index is 681. The number of benzene rings is 1. The Kier molecular flexibility index (Phi) is 5.53. The molecule has 0 atom stereocenters. The lowest BCUT2D eigenvalue weighted by Crippen LogP contribution is -2.44. The summed E-state index contributed by atoms with van der Waals surface area (Å²) in [6, 6.07) is 3.20. The average molecular weight is 359 g/mol. The van der Waals surface area contributed by atoms with E-state index < -0.39 is 38.4 Å². The topological polar surface area (TPSA) is 54.5 Å². The van der Waals surface area contributed by atoms with Crippen LogP contribution in [0.4, 0.5) is 22.0 Å². The standard InChI is InChI=1S/C13H14F5NO3S/c1-3-19(4-2)23(21,22)10-7-5-6-9(8-10)11(20)12(14,15)13(16,17)18/h5-8H,3-4H2,1-2H3. The second kappa shape index (κ2) is 6.52. The van der Waals surface area contributed by atoms with Crippen LogP contribution in [0.5, 0.6) is 0 Å². The zero-order valence-electron chi connectivity index (χ0n) is 12.2. The van der Waals surface area contributed by atoms with Crippen LogP contribution in [0, 0.1) is 0 Å². The van der Waals surface area contributed by atoms with Gasteiger partial charge in [-0.3, -0.25) is 4.79 Å². The van der Waals surface area contributed by atoms with E-state index in [1.54, 1.807) is 0 Å². The molecule has 0 radical (unpaired) electrons. The van der Waals surface area contributed by atoms with Crippen molar-refractivity contribution in [2.75, 3.05) is 13.1 Å². The second-order valence-electron chi connectivity index (χ2n) is 4.52. The number of sulfonamides is 1. The number of carbonyl (C=O) groups is 1. The number of halogens is 5. The van der Waals surface area contributed by atoms with Gasteiger partial charge in [0.15, 0.2) is 0 Å². The molecule has 1 aromatic carbocycles. The van der Waals surface area contributed by atoms with Gasteiger partial charge in [0.05, 0.1) is 4.90 Å². The fourth-order valence-electron chi connectivity index (χ4n) is 1.82. The minimum atomic E-state index is -6.06. The number of nitrogens with zero attached hydrogens (tertiary/aromatic N) is 1. The highest BCUT2D eigenvalue weighted by atomic mass is 32.2. The van der Waals surface area contributed by atoms with Gasteiger partial charge >= 0.3 is 12.1 Å². The van der Waals surface area contributed by atoms with E-state index in [4.69, 9.17) is 0 Å². The van der Waals surface area contributed by atoms with Crippen LogP contribution in [0.3, 0.4) is 0 Å². The quantitative estimate of drug-likeness (QED) is 0.579. The van der Waals surface area contributed by atoms with Gasteiger partial charge in [0.25, 0.3) is 0 Å². The highest BCUT2D eigenvalue weighted by Gasteiger charge is 2.63. The summed E-state index contributed by atoms with van der Waals surface area (Å²) in [4.78, 5) is 10.9. The number of hydrogen-bond donors (Lipinski definition) is 0. The predicted octanol–water partition coefficient (Wildman–Crippen LogP) is 3.10. The fourth-order valence-corrected chi connectivity index (χ4v) is 3.32. The van der Waals surface area contributed by atoms with E-state index in [0.29, 0.717) is 12.1 Å². The third-order valence-corrected chi connectivity index (χ3v) is 5.13. The summed E-state index contributed by atoms with van der Waals surface area (Å²) >= 11 is 0. The zero-order chi connectivity index (χ0) is 18.1. The Balaban J connectivity index is 3.34. The van der Waals surface area contributed by atoms with Crippen LogP contribution < -0.4 is 0 Å². The molecule has 0 fully saturated rings. The number of Topliss-reactive ketones (excluding diaryl/α,β-unsaturated/α-hetero) is 1. The molecule has 0 unspecified atom stereocenters. The third-order valence-electron chi connectivity index (χ3n) is 3.08. The lowest BCUT2D eigenvalue weighted by atomic mass is 10.1. The summed E-state index contributed by atoms with van der Waals surface area (Å²) in [7, 11) is -4.08. The summed E-state index contributed by atoms with van der Waals surface area (Å²) in [6.07, 6.45) is -6.06. The van der Waals surface area contributed by atoms with Crippen molar-refractivity contribution in [3.05, 3.63) is 29.8 Å². The molecule has 0 aliphatic rings. The number of ketones is 1. The highest BCUT2D eigenvalue weighted by Crippen LogP contribution is 2.38. The van der Waals surface area contributed by atoms with Gasteiger partial charge in [-0.15, -0.1) is 0 Å². The highest BCUT2D eigenvalue weighted by molar-refractivity contribution is 7.89. The van der Waals surface area contributed by atoms with Gasteiger partial charge < -0.3 is 0 Å². The van der Waals surface area contributed by atoms with Crippen molar-refractivity contribution < 1.29 is 35.2 Å². The number of carbonyl (C=O) groups excluding carboxylic acids is 1. The average Bonchev–Trinajstić information content (AvgIpc) is 2.46. The molecule has 0 amide bonds. The molecule has 23 heavy (non-hydrogen) atoms. The Morgan fingerprint density at radius 1 is 1.09 bits per heavy atom. The summed E-state index contributed by atoms with van der Waals surface area (Å²) < 4.78 is 88.3. The summed E-state index contributed by atoms with van der Waals surface area (Å²) in [5.41, 5.74) is -1.03. The molecule has 0 spiro atoms. The van der Waals surface area contributed by atoms with Crippen molar-refractivity contribution in [1.82, 2.24) is 4.31 Å². The summed E-state index contributed by atoms with van der Waals surface area (Å²) in [5.74, 6) is -8.09. The first-order valence-electron chi connectivity index (χ1n) is 6.49. The molecule has 0 saturated carbocycles. The Hall–Kier alpha value is -1.55. The van der Waals surface area contributed by atoms with E-state index in [2.05, 4.69) is 0 Å². The van der Waals surface area contributed by atoms with Crippen LogP contribution in [0.25, 0.3) is 0 Å². The molecular formula is C13H14F5NO3S. The van der Waals surface area contributed by atoms with Gasteiger partial charge in [-0.05, 0) is 12.1 Å². The van der Waals surface area contributed by atoms with Gasteiger partial charge in [-0.2, -0.15) is 26.3 Å². The molecule has 1 aromatic rings. The first-order valence-corrected chi connectivity index (χ1v) is 7.93. The number of alkyl halides is 5. The fraction of sp³-hybridized carbons (Fsp3) is 0.462. The van der Waals surface area contributed by atoms with E-state index in [9.17, 15) is 35.2 Å². The first-order chi connectivity index (χ1) is 10.4. The largest absolute Gasteiger partial charge is 0.461 e. The zero-order valence-corrected chi connectivity index (χ0v) is 13.0. The molecule has 4 nitrogen and oxygen atoms in total. The normalized spacial score (nSPS) is 13.4. The minimum absolute atomic E-state index is 0.0791. The maximum atomic E-state index is 13.1. The van der Waals surface area contributed by atoms with Crippen molar-refractivity contribution in [1.29, 1.82) is 0 Å². The van der Waals surface area contributed by atoms with Crippen molar-refractivity contribution >= 4 is 15.8 Å². The van der Waals surface area contributed by atoms with Crippen molar-refractivity contribution in [2.45, 2.75) is 30.8 Å². The number of hydrogen-bond acceptors (Lipinski definition) is 3. The maximum absolute atomic E-state index is 13.1. The molecule has 0 aromatic heterocycles. The van der Waals surface area contributed by atoms with Crippen LogP contribution in [-0.4, -0.2) is 43.7 Å². The maximum Gasteiger partial charge on any atom is 0.461 e. The van der Waals surface area contributed by atoms with E-state index in [0.717, 1.165) is 16.4 Å². The van der Waals surface area contributed by atoms with Gasteiger partial charge in [0.1, 0.15) is 0 Å². The van der Waals surface area contributed by atoms with E-state index >= 15 is 0 Å².